The summed E-state index contributed by atoms with van der Waals surface area (Å²) in [6, 6.07) is 7.17. The maximum atomic E-state index is 9.52. The molecule has 0 saturated carbocycles. The van der Waals surface area contributed by atoms with Crippen LogP contribution in [0.15, 0.2) is 33.6 Å². The van der Waals surface area contributed by atoms with Gasteiger partial charge in [-0.25, -0.2) is 4.98 Å². The fraction of sp³-hybridized carbons (Fsp3) is 0. The van der Waals surface area contributed by atoms with Gasteiger partial charge >= 0.3 is 0 Å². The highest BCUT2D eigenvalue weighted by atomic mass is 79.9. The van der Waals surface area contributed by atoms with Crippen molar-refractivity contribution in [2.75, 3.05) is 0 Å². The molecule has 66 valence electrons. The van der Waals surface area contributed by atoms with E-state index in [2.05, 4.69) is 20.9 Å². The first-order valence-electron chi connectivity index (χ1n) is 3.67. The van der Waals surface area contributed by atoms with Crippen molar-refractivity contribution in [3.05, 3.63) is 33.6 Å². The Bertz CT molecular complexity index is 427. The van der Waals surface area contributed by atoms with Crippen LogP contribution in [-0.4, -0.2) is 10.1 Å². The summed E-state index contributed by atoms with van der Waals surface area (Å²) in [6.07, 6.45) is 0. The van der Waals surface area contributed by atoms with Crippen molar-refractivity contribution in [2.24, 2.45) is 0 Å². The first-order valence-corrected chi connectivity index (χ1v) is 5.34. The SMILES string of the molecule is Oc1ccccc1-c1csc(Br)n1. The quantitative estimate of drug-likeness (QED) is 0.849. The molecule has 1 aromatic heterocycles. The zero-order valence-electron chi connectivity index (χ0n) is 6.57. The Hall–Kier alpha value is -0.870. The fourth-order valence-electron chi connectivity index (χ4n) is 1.07. The van der Waals surface area contributed by atoms with Crippen LogP contribution < -0.4 is 0 Å². The lowest BCUT2D eigenvalue weighted by atomic mass is 10.1. The predicted octanol–water partition coefficient (Wildman–Crippen LogP) is 3.28. The minimum absolute atomic E-state index is 0.264. The largest absolute Gasteiger partial charge is 0.507 e. The van der Waals surface area contributed by atoms with E-state index in [0.717, 1.165) is 15.2 Å². The normalized spacial score (nSPS) is 10.2. The summed E-state index contributed by atoms with van der Waals surface area (Å²) in [5.41, 5.74) is 1.57. The number of phenolic OH excluding ortho intramolecular Hbond substituents is 1. The molecule has 1 N–H and O–H groups in total. The number of nitrogens with zero attached hydrogens (tertiary/aromatic N) is 1. The molecule has 0 bridgehead atoms. The molecular weight excluding hydrogens is 250 g/mol. The summed E-state index contributed by atoms with van der Waals surface area (Å²) in [6.45, 7) is 0. The molecule has 0 aliphatic carbocycles. The third-order valence-electron chi connectivity index (χ3n) is 1.66. The van der Waals surface area contributed by atoms with Gasteiger partial charge in [-0.1, -0.05) is 12.1 Å². The number of para-hydroxylation sites is 1. The lowest BCUT2D eigenvalue weighted by molar-refractivity contribution is 0.477. The van der Waals surface area contributed by atoms with Crippen molar-refractivity contribution in [3.8, 4) is 17.0 Å². The molecule has 2 nitrogen and oxygen atoms in total. The van der Waals surface area contributed by atoms with Gasteiger partial charge in [0.2, 0.25) is 0 Å². The molecule has 0 atom stereocenters. The minimum atomic E-state index is 0.264. The highest BCUT2D eigenvalue weighted by molar-refractivity contribution is 9.11. The van der Waals surface area contributed by atoms with Crippen LogP contribution in [0.25, 0.3) is 11.3 Å². The first kappa shape index (κ1) is 8.72. The summed E-state index contributed by atoms with van der Waals surface area (Å²) < 4.78 is 0.825. The van der Waals surface area contributed by atoms with E-state index in [1.54, 1.807) is 12.1 Å². The monoisotopic (exact) mass is 255 g/mol. The van der Waals surface area contributed by atoms with E-state index in [9.17, 15) is 5.11 Å². The summed E-state index contributed by atoms with van der Waals surface area (Å²) in [7, 11) is 0. The molecule has 0 unspecified atom stereocenters. The van der Waals surface area contributed by atoms with Crippen LogP contribution in [0.2, 0.25) is 0 Å². The number of halogens is 1. The summed E-state index contributed by atoms with van der Waals surface area (Å²) >= 11 is 4.78. The molecule has 4 heteroatoms. The van der Waals surface area contributed by atoms with E-state index >= 15 is 0 Å². The fourth-order valence-corrected chi connectivity index (χ4v) is 2.08. The van der Waals surface area contributed by atoms with E-state index in [1.807, 2.05) is 17.5 Å². The second-order valence-electron chi connectivity index (χ2n) is 2.50. The number of hydrogen-bond acceptors (Lipinski definition) is 3. The average molecular weight is 256 g/mol. The Morgan fingerprint density at radius 2 is 2.08 bits per heavy atom. The first-order chi connectivity index (χ1) is 6.27. The van der Waals surface area contributed by atoms with Crippen LogP contribution in [0, 0.1) is 0 Å². The van der Waals surface area contributed by atoms with Crippen molar-refractivity contribution in [3.63, 3.8) is 0 Å². The number of thiazole rings is 1. The molecule has 0 aliphatic rings. The van der Waals surface area contributed by atoms with Crippen LogP contribution in [0.3, 0.4) is 0 Å². The number of rotatable bonds is 1. The molecule has 0 spiro atoms. The highest BCUT2D eigenvalue weighted by Crippen LogP contribution is 2.30. The Labute approximate surface area is 88.0 Å². The van der Waals surface area contributed by atoms with E-state index in [4.69, 9.17) is 0 Å². The predicted molar refractivity (Wildman–Crippen MR) is 56.9 cm³/mol. The van der Waals surface area contributed by atoms with Crippen molar-refractivity contribution >= 4 is 27.3 Å². The Balaban J connectivity index is 2.52. The Kier molecular flexibility index (Phi) is 2.33. The number of benzene rings is 1. The smallest absolute Gasteiger partial charge is 0.159 e. The molecular formula is C9H6BrNOS. The summed E-state index contributed by atoms with van der Waals surface area (Å²) in [4.78, 5) is 4.22. The molecule has 0 radical (unpaired) electrons. The van der Waals surface area contributed by atoms with Crippen molar-refractivity contribution in [2.45, 2.75) is 0 Å². The van der Waals surface area contributed by atoms with Crippen LogP contribution in [-0.2, 0) is 0 Å². The van der Waals surface area contributed by atoms with Crippen LogP contribution in [0.5, 0.6) is 5.75 Å². The zero-order chi connectivity index (χ0) is 9.26. The molecule has 2 rings (SSSR count). The second kappa shape index (κ2) is 3.47. The van der Waals surface area contributed by atoms with E-state index in [1.165, 1.54) is 11.3 Å². The molecule has 1 aromatic carbocycles. The van der Waals surface area contributed by atoms with Gasteiger partial charge in [0.1, 0.15) is 5.75 Å². The number of aromatic hydroxyl groups is 1. The molecule has 2 aromatic rings. The standard InChI is InChI=1S/C9H6BrNOS/c10-9-11-7(5-13-9)6-3-1-2-4-8(6)12/h1-5,12H. The number of hydrogen-bond donors (Lipinski definition) is 1. The van der Waals surface area contributed by atoms with Gasteiger partial charge in [-0.05, 0) is 28.1 Å². The van der Waals surface area contributed by atoms with Gasteiger partial charge in [-0.15, -0.1) is 11.3 Å². The van der Waals surface area contributed by atoms with Gasteiger partial charge in [0, 0.05) is 10.9 Å². The van der Waals surface area contributed by atoms with Gasteiger partial charge in [-0.2, -0.15) is 0 Å². The highest BCUT2D eigenvalue weighted by Gasteiger charge is 2.05. The van der Waals surface area contributed by atoms with Gasteiger partial charge in [0.25, 0.3) is 0 Å². The van der Waals surface area contributed by atoms with E-state index < -0.39 is 0 Å². The Morgan fingerprint density at radius 3 is 2.69 bits per heavy atom. The maximum Gasteiger partial charge on any atom is 0.159 e. The summed E-state index contributed by atoms with van der Waals surface area (Å²) in [5.74, 6) is 0.264. The van der Waals surface area contributed by atoms with E-state index in [-0.39, 0.29) is 5.75 Å². The number of phenols is 1. The molecule has 0 amide bonds. The lowest BCUT2D eigenvalue weighted by Gasteiger charge is -1.98. The van der Waals surface area contributed by atoms with Crippen molar-refractivity contribution in [1.29, 1.82) is 0 Å². The minimum Gasteiger partial charge on any atom is -0.507 e. The molecule has 0 fully saturated rings. The van der Waals surface area contributed by atoms with Crippen LogP contribution in [0.1, 0.15) is 0 Å². The zero-order valence-corrected chi connectivity index (χ0v) is 8.97. The van der Waals surface area contributed by atoms with Gasteiger partial charge in [-0.3, -0.25) is 0 Å². The lowest BCUT2D eigenvalue weighted by Crippen LogP contribution is -1.77. The van der Waals surface area contributed by atoms with Crippen molar-refractivity contribution in [1.82, 2.24) is 4.98 Å². The second-order valence-corrected chi connectivity index (χ2v) is 4.64. The maximum absolute atomic E-state index is 9.52. The van der Waals surface area contributed by atoms with Gasteiger partial charge < -0.3 is 5.11 Å². The van der Waals surface area contributed by atoms with Crippen LogP contribution in [0.4, 0.5) is 0 Å². The average Bonchev–Trinajstić information content (AvgIpc) is 2.53. The third-order valence-corrected chi connectivity index (χ3v) is 3.02. The van der Waals surface area contributed by atoms with E-state index in [0.29, 0.717) is 0 Å². The van der Waals surface area contributed by atoms with Crippen LogP contribution >= 0.6 is 27.3 Å². The molecule has 0 aliphatic heterocycles. The van der Waals surface area contributed by atoms with Crippen molar-refractivity contribution < 1.29 is 5.11 Å². The molecule has 13 heavy (non-hydrogen) atoms. The number of aromatic nitrogens is 1. The Morgan fingerprint density at radius 1 is 1.31 bits per heavy atom. The third kappa shape index (κ3) is 1.73. The molecule has 1 heterocycles. The summed E-state index contributed by atoms with van der Waals surface area (Å²) in [5, 5.41) is 11.4. The van der Waals surface area contributed by atoms with Gasteiger partial charge in [0.15, 0.2) is 3.92 Å². The molecule has 0 saturated heterocycles. The topological polar surface area (TPSA) is 33.1 Å². The van der Waals surface area contributed by atoms with Gasteiger partial charge in [0.05, 0.1) is 5.69 Å².